The van der Waals surface area contributed by atoms with Gasteiger partial charge in [0.05, 0.1) is 22.0 Å². The number of amides is 2. The summed E-state index contributed by atoms with van der Waals surface area (Å²) in [6.45, 7) is 3.91. The van der Waals surface area contributed by atoms with E-state index < -0.39 is 28.5 Å². The van der Waals surface area contributed by atoms with Gasteiger partial charge in [0.15, 0.2) is 0 Å². The number of hydrogen-bond donors (Lipinski definition) is 1. The zero-order valence-electron chi connectivity index (χ0n) is 19.9. The van der Waals surface area contributed by atoms with Gasteiger partial charge in [-0.2, -0.15) is 0 Å². The van der Waals surface area contributed by atoms with Crippen molar-refractivity contribution < 1.29 is 18.0 Å². The van der Waals surface area contributed by atoms with Crippen LogP contribution in [0.2, 0.25) is 15.1 Å². The van der Waals surface area contributed by atoms with E-state index in [1.165, 1.54) is 23.1 Å². The Morgan fingerprint density at radius 2 is 1.66 bits per heavy atom. The Morgan fingerprint density at radius 1 is 1.00 bits per heavy atom. The van der Waals surface area contributed by atoms with E-state index >= 15 is 0 Å². The third-order valence-corrected chi connectivity index (χ3v) is 7.48. The van der Waals surface area contributed by atoms with Crippen LogP contribution in [0.3, 0.4) is 0 Å². The standard InChI is InChI=1S/C24H30Cl3N3O4S/c1-4-6-13-28-24(32)22(5-2)29(15-17-7-9-18(25)10-8-17)23(31)16-30(35(3,33)34)19-11-12-20(26)21(27)14-19/h7-12,14,22H,4-6,13,15-16H2,1-3H3,(H,28,32). The van der Waals surface area contributed by atoms with E-state index in [1.54, 1.807) is 31.2 Å². The minimum absolute atomic E-state index is 0.106. The highest BCUT2D eigenvalue weighted by Gasteiger charge is 2.31. The summed E-state index contributed by atoms with van der Waals surface area (Å²) in [6.07, 6.45) is 3.08. The van der Waals surface area contributed by atoms with Gasteiger partial charge >= 0.3 is 0 Å². The summed E-state index contributed by atoms with van der Waals surface area (Å²) >= 11 is 18.1. The number of carbonyl (C=O) groups excluding carboxylic acids is 2. The van der Waals surface area contributed by atoms with E-state index in [0.29, 0.717) is 18.0 Å². The number of anilines is 1. The number of halogens is 3. The molecule has 0 aliphatic rings. The first-order chi connectivity index (χ1) is 16.5. The van der Waals surface area contributed by atoms with Gasteiger partial charge in [-0.05, 0) is 48.7 Å². The molecule has 0 spiro atoms. The molecule has 0 heterocycles. The number of unbranched alkanes of at least 4 members (excludes halogenated alkanes) is 1. The molecule has 2 aromatic rings. The molecule has 7 nitrogen and oxygen atoms in total. The van der Waals surface area contributed by atoms with Crippen LogP contribution in [-0.2, 0) is 26.2 Å². The van der Waals surface area contributed by atoms with E-state index in [1.807, 2.05) is 6.92 Å². The molecule has 1 atom stereocenters. The maximum absolute atomic E-state index is 13.6. The second kappa shape index (κ2) is 13.3. The predicted octanol–water partition coefficient (Wildman–Crippen LogP) is 5.14. The number of carbonyl (C=O) groups is 2. The number of sulfonamides is 1. The van der Waals surface area contributed by atoms with Crippen molar-refractivity contribution in [2.45, 2.75) is 45.7 Å². The van der Waals surface area contributed by atoms with Gasteiger partial charge in [-0.15, -0.1) is 0 Å². The fourth-order valence-electron chi connectivity index (χ4n) is 3.47. The quantitative estimate of drug-likeness (QED) is 0.363. The van der Waals surface area contributed by atoms with Crippen LogP contribution < -0.4 is 9.62 Å². The maximum Gasteiger partial charge on any atom is 0.244 e. The smallest absolute Gasteiger partial charge is 0.244 e. The predicted molar refractivity (Wildman–Crippen MR) is 143 cm³/mol. The molecule has 1 unspecified atom stereocenters. The Balaban J connectivity index is 2.41. The molecular formula is C24H30Cl3N3O4S. The number of benzene rings is 2. The van der Waals surface area contributed by atoms with E-state index in [9.17, 15) is 18.0 Å². The lowest BCUT2D eigenvalue weighted by Gasteiger charge is -2.33. The van der Waals surface area contributed by atoms with Crippen LogP contribution in [0.15, 0.2) is 42.5 Å². The molecule has 1 N–H and O–H groups in total. The highest BCUT2D eigenvalue weighted by molar-refractivity contribution is 7.92. The van der Waals surface area contributed by atoms with Gasteiger partial charge in [-0.25, -0.2) is 8.42 Å². The summed E-state index contributed by atoms with van der Waals surface area (Å²) in [5.74, 6) is -0.822. The normalized spacial score (nSPS) is 12.2. The van der Waals surface area contributed by atoms with Crippen molar-refractivity contribution in [3.63, 3.8) is 0 Å². The van der Waals surface area contributed by atoms with Crippen molar-refractivity contribution in [3.8, 4) is 0 Å². The Hall–Kier alpha value is -2.00. The molecule has 2 rings (SSSR count). The summed E-state index contributed by atoms with van der Waals surface area (Å²) < 4.78 is 26.2. The SMILES string of the molecule is CCCCNC(=O)C(CC)N(Cc1ccc(Cl)cc1)C(=O)CN(c1ccc(Cl)c(Cl)c1)S(C)(=O)=O. The molecule has 0 bridgehead atoms. The maximum atomic E-state index is 13.6. The Kier molecular flexibility index (Phi) is 11.1. The molecule has 192 valence electrons. The second-order valence-electron chi connectivity index (χ2n) is 8.08. The number of hydrogen-bond acceptors (Lipinski definition) is 4. The summed E-state index contributed by atoms with van der Waals surface area (Å²) in [6, 6.07) is 10.4. The average Bonchev–Trinajstić information content (AvgIpc) is 2.80. The van der Waals surface area contributed by atoms with Crippen LogP contribution in [0.1, 0.15) is 38.7 Å². The largest absolute Gasteiger partial charge is 0.354 e. The van der Waals surface area contributed by atoms with Gasteiger partial charge in [0.2, 0.25) is 21.8 Å². The topological polar surface area (TPSA) is 86.8 Å². The fraction of sp³-hybridized carbons (Fsp3) is 0.417. The molecule has 2 aromatic carbocycles. The molecule has 35 heavy (non-hydrogen) atoms. The first-order valence-electron chi connectivity index (χ1n) is 11.2. The van der Waals surface area contributed by atoms with Gasteiger partial charge in [-0.1, -0.05) is 67.2 Å². The Labute approximate surface area is 222 Å². The van der Waals surface area contributed by atoms with Crippen LogP contribution >= 0.6 is 34.8 Å². The molecule has 0 aromatic heterocycles. The van der Waals surface area contributed by atoms with Crippen molar-refractivity contribution in [2.24, 2.45) is 0 Å². The molecule has 0 saturated carbocycles. The van der Waals surface area contributed by atoms with Gasteiger partial charge in [0.25, 0.3) is 0 Å². The lowest BCUT2D eigenvalue weighted by Crippen LogP contribution is -2.52. The third kappa shape index (κ3) is 8.56. The molecule has 2 amide bonds. The first kappa shape index (κ1) is 29.2. The highest BCUT2D eigenvalue weighted by atomic mass is 35.5. The van der Waals surface area contributed by atoms with E-state index in [0.717, 1.165) is 29.0 Å². The van der Waals surface area contributed by atoms with Crippen molar-refractivity contribution in [3.05, 3.63) is 63.1 Å². The summed E-state index contributed by atoms with van der Waals surface area (Å²) in [5, 5.41) is 3.83. The van der Waals surface area contributed by atoms with E-state index in [4.69, 9.17) is 34.8 Å². The molecule has 0 aliphatic heterocycles. The zero-order valence-corrected chi connectivity index (χ0v) is 23.0. The van der Waals surface area contributed by atoms with Crippen molar-refractivity contribution in [2.75, 3.05) is 23.7 Å². The lowest BCUT2D eigenvalue weighted by molar-refractivity contribution is -0.140. The van der Waals surface area contributed by atoms with Crippen LogP contribution in [-0.4, -0.2) is 50.5 Å². The van der Waals surface area contributed by atoms with Gasteiger partial charge in [-0.3, -0.25) is 13.9 Å². The summed E-state index contributed by atoms with van der Waals surface area (Å²) in [5.41, 5.74) is 0.949. The molecular weight excluding hydrogens is 533 g/mol. The van der Waals surface area contributed by atoms with Crippen LogP contribution in [0, 0.1) is 0 Å². The summed E-state index contributed by atoms with van der Waals surface area (Å²) in [7, 11) is -3.86. The number of nitrogens with zero attached hydrogens (tertiary/aromatic N) is 2. The van der Waals surface area contributed by atoms with Gasteiger partial charge in [0, 0.05) is 18.1 Å². The number of rotatable bonds is 12. The lowest BCUT2D eigenvalue weighted by atomic mass is 10.1. The molecule has 0 saturated heterocycles. The van der Waals surface area contributed by atoms with Gasteiger partial charge in [0.1, 0.15) is 12.6 Å². The third-order valence-electron chi connectivity index (χ3n) is 5.35. The molecule has 0 fully saturated rings. The second-order valence-corrected chi connectivity index (χ2v) is 11.2. The Morgan fingerprint density at radius 3 is 2.20 bits per heavy atom. The van der Waals surface area contributed by atoms with Crippen LogP contribution in [0.4, 0.5) is 5.69 Å². The fourth-order valence-corrected chi connectivity index (χ4v) is 4.73. The molecule has 11 heteroatoms. The first-order valence-corrected chi connectivity index (χ1v) is 14.2. The minimum Gasteiger partial charge on any atom is -0.354 e. The van der Waals surface area contributed by atoms with E-state index in [2.05, 4.69) is 5.32 Å². The van der Waals surface area contributed by atoms with E-state index in [-0.39, 0.29) is 28.2 Å². The highest BCUT2D eigenvalue weighted by Crippen LogP contribution is 2.28. The summed E-state index contributed by atoms with van der Waals surface area (Å²) in [4.78, 5) is 28.0. The Bertz CT molecular complexity index is 1130. The minimum atomic E-state index is -3.86. The molecule has 0 radical (unpaired) electrons. The zero-order chi connectivity index (χ0) is 26.2. The molecule has 0 aliphatic carbocycles. The average molecular weight is 563 g/mol. The van der Waals surface area contributed by atoms with Crippen molar-refractivity contribution in [1.29, 1.82) is 0 Å². The monoisotopic (exact) mass is 561 g/mol. The number of nitrogens with one attached hydrogen (secondary N) is 1. The van der Waals surface area contributed by atoms with Crippen LogP contribution in [0.5, 0.6) is 0 Å². The van der Waals surface area contributed by atoms with Crippen LogP contribution in [0.25, 0.3) is 0 Å². The van der Waals surface area contributed by atoms with Crippen molar-refractivity contribution in [1.82, 2.24) is 10.2 Å². The van der Waals surface area contributed by atoms with Gasteiger partial charge < -0.3 is 10.2 Å². The van der Waals surface area contributed by atoms with Crippen molar-refractivity contribution >= 4 is 62.3 Å².